The molecular weight excluding hydrogens is 382 g/mol. The number of carbonyl (C=O) groups excluding carboxylic acids is 2. The fourth-order valence-electron chi connectivity index (χ4n) is 3.73. The summed E-state index contributed by atoms with van der Waals surface area (Å²) >= 11 is 0. The van der Waals surface area contributed by atoms with Gasteiger partial charge < -0.3 is 19.2 Å². The van der Waals surface area contributed by atoms with Crippen molar-refractivity contribution in [3.63, 3.8) is 0 Å². The molecular formula is C22H29N5O3. The molecule has 0 atom stereocenters. The van der Waals surface area contributed by atoms with Gasteiger partial charge in [0.1, 0.15) is 5.69 Å². The van der Waals surface area contributed by atoms with Crippen LogP contribution in [0.1, 0.15) is 46.0 Å². The van der Waals surface area contributed by atoms with Crippen LogP contribution in [0.3, 0.4) is 0 Å². The molecule has 160 valence electrons. The van der Waals surface area contributed by atoms with Crippen molar-refractivity contribution in [2.75, 3.05) is 32.1 Å². The maximum absolute atomic E-state index is 13.0. The number of hydrogen-bond acceptors (Lipinski definition) is 5. The second kappa shape index (κ2) is 9.13. The molecule has 0 saturated carbocycles. The topological polar surface area (TPSA) is 92.2 Å². The highest BCUT2D eigenvalue weighted by molar-refractivity contribution is 6.06. The van der Waals surface area contributed by atoms with Gasteiger partial charge in [-0.25, -0.2) is 9.78 Å². The van der Waals surface area contributed by atoms with Crippen molar-refractivity contribution in [2.24, 2.45) is 0 Å². The molecule has 30 heavy (non-hydrogen) atoms. The van der Waals surface area contributed by atoms with Crippen LogP contribution in [0.5, 0.6) is 0 Å². The van der Waals surface area contributed by atoms with E-state index in [4.69, 9.17) is 4.74 Å². The van der Waals surface area contributed by atoms with Crippen molar-refractivity contribution >= 4 is 28.9 Å². The van der Waals surface area contributed by atoms with E-state index in [1.54, 1.807) is 13.8 Å². The molecule has 8 nitrogen and oxygen atoms in total. The minimum Gasteiger partial charge on any atom is -0.465 e. The number of amides is 1. The van der Waals surface area contributed by atoms with E-state index in [1.165, 1.54) is 7.11 Å². The number of H-pyrrole nitrogens is 1. The Labute approximate surface area is 176 Å². The molecule has 0 unspecified atom stereocenters. The maximum atomic E-state index is 13.0. The van der Waals surface area contributed by atoms with Gasteiger partial charge in [-0.1, -0.05) is 26.0 Å². The molecule has 1 amide bonds. The number of para-hydroxylation sites is 2. The Balaban J connectivity index is 1.93. The van der Waals surface area contributed by atoms with Crippen LogP contribution in [0.15, 0.2) is 24.3 Å². The van der Waals surface area contributed by atoms with Crippen LogP contribution in [-0.4, -0.2) is 58.1 Å². The Morgan fingerprint density at radius 1 is 1.20 bits per heavy atom. The van der Waals surface area contributed by atoms with Gasteiger partial charge in [0.15, 0.2) is 0 Å². The van der Waals surface area contributed by atoms with E-state index < -0.39 is 5.97 Å². The summed E-state index contributed by atoms with van der Waals surface area (Å²) in [7, 11) is 1.33. The van der Waals surface area contributed by atoms with Crippen molar-refractivity contribution in [2.45, 2.75) is 34.2 Å². The number of aromatic amines is 1. The standard InChI is InChI=1S/C22H29N5O3/c1-6-26(7-2)12-13-27-17-11-9-8-10-16(17)24-22(27)25-20(28)19-14(3)18(15(4)23-19)21(29)30-5/h8-11,23H,6-7,12-13H2,1-5H3,(H,24,25,28). The number of aryl methyl sites for hydroxylation is 1. The number of ether oxygens (including phenoxy) is 1. The van der Waals surface area contributed by atoms with Gasteiger partial charge in [0.25, 0.3) is 5.91 Å². The number of anilines is 1. The zero-order chi connectivity index (χ0) is 21.8. The molecule has 3 rings (SSSR count). The number of rotatable bonds is 8. The fourth-order valence-corrected chi connectivity index (χ4v) is 3.73. The Bertz CT molecular complexity index is 1060. The molecule has 3 aromatic rings. The van der Waals surface area contributed by atoms with Crippen LogP contribution in [0, 0.1) is 13.8 Å². The number of likely N-dealkylation sites (N-methyl/N-ethyl adjacent to an activating group) is 1. The lowest BCUT2D eigenvalue weighted by Gasteiger charge is -2.19. The summed E-state index contributed by atoms with van der Waals surface area (Å²) < 4.78 is 6.86. The number of benzene rings is 1. The lowest BCUT2D eigenvalue weighted by atomic mass is 10.1. The first-order chi connectivity index (χ1) is 14.4. The zero-order valence-corrected chi connectivity index (χ0v) is 18.2. The largest absolute Gasteiger partial charge is 0.465 e. The summed E-state index contributed by atoms with van der Waals surface area (Å²) in [6.45, 7) is 11.2. The first kappa shape index (κ1) is 21.6. The third-order valence-corrected chi connectivity index (χ3v) is 5.47. The summed E-state index contributed by atoms with van der Waals surface area (Å²) in [6, 6.07) is 7.82. The second-order valence-corrected chi connectivity index (χ2v) is 7.17. The molecule has 0 bridgehead atoms. The lowest BCUT2D eigenvalue weighted by molar-refractivity contribution is 0.0599. The van der Waals surface area contributed by atoms with E-state index in [0.717, 1.165) is 30.7 Å². The van der Waals surface area contributed by atoms with Crippen LogP contribution in [0.4, 0.5) is 5.95 Å². The number of nitrogens with one attached hydrogen (secondary N) is 2. The molecule has 0 aliphatic rings. The average molecular weight is 412 g/mol. The van der Waals surface area contributed by atoms with Gasteiger partial charge in [0.05, 0.1) is 23.7 Å². The number of methoxy groups -OCH3 is 1. The Hall–Kier alpha value is -3.13. The van der Waals surface area contributed by atoms with Gasteiger partial charge in [-0.05, 0) is 44.6 Å². The number of carbonyl (C=O) groups is 2. The van der Waals surface area contributed by atoms with E-state index in [-0.39, 0.29) is 5.91 Å². The quantitative estimate of drug-likeness (QED) is 0.555. The van der Waals surface area contributed by atoms with E-state index in [1.807, 2.05) is 28.8 Å². The molecule has 1 aromatic carbocycles. The molecule has 0 radical (unpaired) electrons. The van der Waals surface area contributed by atoms with E-state index in [9.17, 15) is 9.59 Å². The highest BCUT2D eigenvalue weighted by Gasteiger charge is 2.24. The highest BCUT2D eigenvalue weighted by atomic mass is 16.5. The van der Waals surface area contributed by atoms with Crippen LogP contribution < -0.4 is 5.32 Å². The summed E-state index contributed by atoms with van der Waals surface area (Å²) in [5.74, 6) is -0.323. The maximum Gasteiger partial charge on any atom is 0.339 e. The zero-order valence-electron chi connectivity index (χ0n) is 18.2. The van der Waals surface area contributed by atoms with Gasteiger partial charge in [-0.2, -0.15) is 0 Å². The summed E-state index contributed by atoms with van der Waals surface area (Å²) in [6.07, 6.45) is 0. The highest BCUT2D eigenvalue weighted by Crippen LogP contribution is 2.23. The van der Waals surface area contributed by atoms with Crippen LogP contribution in [-0.2, 0) is 11.3 Å². The van der Waals surface area contributed by atoms with Crippen molar-refractivity contribution in [1.82, 2.24) is 19.4 Å². The molecule has 0 fully saturated rings. The van der Waals surface area contributed by atoms with Crippen molar-refractivity contribution in [3.05, 3.63) is 46.8 Å². The van der Waals surface area contributed by atoms with Gasteiger partial charge in [0, 0.05) is 18.8 Å². The van der Waals surface area contributed by atoms with Gasteiger partial charge >= 0.3 is 5.97 Å². The van der Waals surface area contributed by atoms with Crippen LogP contribution in [0.2, 0.25) is 0 Å². The molecule has 0 saturated heterocycles. The molecule has 0 aliphatic carbocycles. The molecule has 0 aliphatic heterocycles. The Morgan fingerprint density at radius 2 is 1.90 bits per heavy atom. The van der Waals surface area contributed by atoms with E-state index >= 15 is 0 Å². The number of nitrogens with zero attached hydrogens (tertiary/aromatic N) is 3. The number of hydrogen-bond donors (Lipinski definition) is 2. The number of imidazole rings is 1. The van der Waals surface area contributed by atoms with E-state index in [0.29, 0.717) is 35.0 Å². The normalized spacial score (nSPS) is 11.3. The Kier molecular flexibility index (Phi) is 6.56. The predicted molar refractivity (Wildman–Crippen MR) is 117 cm³/mol. The van der Waals surface area contributed by atoms with Crippen molar-refractivity contribution in [1.29, 1.82) is 0 Å². The van der Waals surface area contributed by atoms with Gasteiger partial charge in [-0.3, -0.25) is 10.1 Å². The SMILES string of the molecule is CCN(CC)CCn1c(NC(=O)c2[nH]c(C)c(C(=O)OC)c2C)nc2ccccc21. The second-order valence-electron chi connectivity index (χ2n) is 7.17. The minimum atomic E-state index is -0.466. The van der Waals surface area contributed by atoms with Crippen LogP contribution in [0.25, 0.3) is 11.0 Å². The number of aromatic nitrogens is 3. The monoisotopic (exact) mass is 411 g/mol. The molecule has 0 spiro atoms. The first-order valence-corrected chi connectivity index (χ1v) is 10.2. The summed E-state index contributed by atoms with van der Waals surface area (Å²) in [4.78, 5) is 35.0. The van der Waals surface area contributed by atoms with Crippen molar-refractivity contribution < 1.29 is 14.3 Å². The summed E-state index contributed by atoms with van der Waals surface area (Å²) in [5.41, 5.74) is 3.66. The van der Waals surface area contributed by atoms with E-state index in [2.05, 4.69) is 34.0 Å². The van der Waals surface area contributed by atoms with Gasteiger partial charge in [-0.15, -0.1) is 0 Å². The Morgan fingerprint density at radius 3 is 2.57 bits per heavy atom. The smallest absolute Gasteiger partial charge is 0.339 e. The lowest BCUT2D eigenvalue weighted by Crippen LogP contribution is -2.28. The average Bonchev–Trinajstić information content (AvgIpc) is 3.24. The van der Waals surface area contributed by atoms with Crippen LogP contribution >= 0.6 is 0 Å². The number of fused-ring (bicyclic) bond motifs is 1. The first-order valence-electron chi connectivity index (χ1n) is 10.2. The molecule has 8 heteroatoms. The fraction of sp³-hybridized carbons (Fsp3) is 0.409. The number of esters is 1. The van der Waals surface area contributed by atoms with Crippen molar-refractivity contribution in [3.8, 4) is 0 Å². The summed E-state index contributed by atoms with van der Waals surface area (Å²) in [5, 5.41) is 2.93. The molecule has 2 aromatic heterocycles. The third-order valence-electron chi connectivity index (χ3n) is 5.47. The predicted octanol–water partition coefficient (Wildman–Crippen LogP) is 3.36. The molecule has 2 N–H and O–H groups in total. The third kappa shape index (κ3) is 4.09. The van der Waals surface area contributed by atoms with Gasteiger partial charge in [0.2, 0.25) is 5.95 Å². The minimum absolute atomic E-state index is 0.329. The molecule has 2 heterocycles.